The largest absolute Gasteiger partial charge is 0.361 e. The first-order valence-corrected chi connectivity index (χ1v) is 47.5. The standard InChI is InChI=1S/C24H16N2O3S.C21H15ClN2O3S.C21H14FNO3S.C20H13ClN2O3S.C17H16N2O2/c27-24(20-14-15-25-21-12-6-5-11-19(20)21)23-16-17-8-4-7-13-22(17)26(23)30(28,29)18-9-2-1-3-10-18;1-14-12-16(10-11-23-14)21(25)20-13-15-4-2-3-5-19(15)24(20)28(26,27)18-8-6-17(22)7-9-18;22-17-12-10-15(11-13-17)21(24)20-14-16-6-4-5-9-19(16)23(20)27(25,26)18-7-2-1-3-8-18;21-16-5-7-17(8-6-16)27(25,26)23-18-4-2-1-3-15(18)13-19(23)20(24)14-9-11-22-12-10-14;1-2-21-12-19-15-6-4-3-5-14(15)11-16(19)17(20)13-7-9-18-10-8-13/h1-16H;2-13H,1H3;1-14H;1-13H;3-11H,2,12H2,1H3. The van der Waals surface area contributed by atoms with Crippen LogP contribution in [0.1, 0.15) is 92.9 Å². The molecule has 0 amide bonds. The van der Waals surface area contributed by atoms with Gasteiger partial charge < -0.3 is 9.30 Å². The lowest BCUT2D eigenvalue weighted by atomic mass is 10.0. The van der Waals surface area contributed by atoms with Crippen molar-refractivity contribution in [1.82, 2.24) is 40.4 Å². The van der Waals surface area contributed by atoms with Gasteiger partial charge in [0.25, 0.3) is 40.1 Å². The Hall–Kier alpha value is -15.4. The van der Waals surface area contributed by atoms with Gasteiger partial charge in [-0.05, 0) is 220 Å². The quantitative estimate of drug-likeness (QED) is 0.0603. The number of pyridine rings is 4. The summed E-state index contributed by atoms with van der Waals surface area (Å²) >= 11 is 11.8. The number of para-hydroxylation sites is 6. The third kappa shape index (κ3) is 18.9. The molecule has 0 bridgehead atoms. The first-order chi connectivity index (χ1) is 64.2. The predicted molar refractivity (Wildman–Crippen MR) is 510 cm³/mol. The Kier molecular flexibility index (Phi) is 26.7. The molecular formula is C103H74Cl2FN9O14S4. The number of hydrogen-bond acceptors (Lipinski definition) is 18. The van der Waals surface area contributed by atoms with Crippen molar-refractivity contribution in [2.75, 3.05) is 6.61 Å². The van der Waals surface area contributed by atoms with Crippen molar-refractivity contribution in [3.8, 4) is 0 Å². The lowest BCUT2D eigenvalue weighted by Crippen LogP contribution is -2.19. The van der Waals surface area contributed by atoms with Crippen molar-refractivity contribution >= 4 is 158 Å². The summed E-state index contributed by atoms with van der Waals surface area (Å²) in [5.41, 5.74) is 6.96. The fraction of sp³-hybridized carbons (Fsp3) is 0.0388. The highest BCUT2D eigenvalue weighted by Crippen LogP contribution is 2.35. The fourth-order valence-corrected chi connectivity index (χ4v) is 21.4. The van der Waals surface area contributed by atoms with E-state index in [-0.39, 0.29) is 65.3 Å². The average Bonchev–Trinajstić information content (AvgIpc) is 1.62. The van der Waals surface area contributed by atoms with Crippen LogP contribution in [0.15, 0.2) is 409 Å². The number of fused-ring (bicyclic) bond motifs is 6. The molecule has 9 heterocycles. The van der Waals surface area contributed by atoms with E-state index in [2.05, 4.69) is 19.9 Å². The molecular weight excluding hydrogens is 1810 g/mol. The van der Waals surface area contributed by atoms with Gasteiger partial charge in [-0.1, -0.05) is 169 Å². The van der Waals surface area contributed by atoms with Crippen LogP contribution in [0.25, 0.3) is 65.4 Å². The van der Waals surface area contributed by atoms with E-state index in [9.17, 15) is 62.0 Å². The van der Waals surface area contributed by atoms with Crippen LogP contribution in [0.2, 0.25) is 10.0 Å². The number of hydrogen-bond donors (Lipinski definition) is 0. The second kappa shape index (κ2) is 39.1. The van der Waals surface area contributed by atoms with Crippen molar-refractivity contribution < 1.29 is 66.8 Å². The van der Waals surface area contributed by atoms with Gasteiger partial charge in [0.1, 0.15) is 35.3 Å². The number of nitrogens with zero attached hydrogens (tertiary/aromatic N) is 9. The number of aromatic nitrogens is 9. The van der Waals surface area contributed by atoms with Gasteiger partial charge in [0.05, 0.1) is 58.4 Å². The zero-order valence-electron chi connectivity index (χ0n) is 70.4. The van der Waals surface area contributed by atoms with Crippen LogP contribution >= 0.6 is 23.2 Å². The fourth-order valence-electron chi connectivity index (χ4n) is 15.0. The normalized spacial score (nSPS) is 11.5. The zero-order chi connectivity index (χ0) is 93.3. The summed E-state index contributed by atoms with van der Waals surface area (Å²) in [7, 11) is -16.0. The molecule has 0 aliphatic heterocycles. The minimum Gasteiger partial charge on any atom is -0.361 e. The Labute approximate surface area is 772 Å². The van der Waals surface area contributed by atoms with Gasteiger partial charge in [0.2, 0.25) is 28.9 Å². The number of halogens is 3. The zero-order valence-corrected chi connectivity index (χ0v) is 75.1. The third-order valence-electron chi connectivity index (χ3n) is 21.4. The number of carbonyl (C=O) groups is 5. The van der Waals surface area contributed by atoms with E-state index >= 15 is 0 Å². The van der Waals surface area contributed by atoms with Crippen LogP contribution in [0, 0.1) is 12.7 Å². The first kappa shape index (κ1) is 90.9. The second-order valence-electron chi connectivity index (χ2n) is 29.8. The molecule has 0 saturated carbocycles. The molecule has 0 aliphatic carbocycles. The Morgan fingerprint density at radius 3 is 1.04 bits per heavy atom. The monoisotopic (exact) mass is 1880 g/mol. The van der Waals surface area contributed by atoms with E-state index in [4.69, 9.17) is 27.9 Å². The number of aryl methyl sites for hydroxylation is 1. The SMILES string of the molecule is CCOCn1c(C(=O)c2ccncc2)cc2ccccc21.Cc1cc(C(=O)c2cc3ccccc3n2S(=O)(=O)c2ccc(Cl)cc2)ccn1.O=C(c1ccc(F)cc1)c1cc2ccccc2n1S(=O)(=O)c1ccccc1.O=C(c1ccnc2ccccc12)c1cc2ccccc2n1S(=O)(=O)c1ccccc1.O=C(c1ccncc1)c1cc2ccccc2n1S(=O)(=O)c1ccc(Cl)cc1. The minimum atomic E-state index is -4.01. The van der Waals surface area contributed by atoms with Crippen molar-refractivity contribution in [3.63, 3.8) is 0 Å². The maximum Gasteiger partial charge on any atom is 0.268 e. The average molecular weight is 1880 g/mol. The van der Waals surface area contributed by atoms with Crippen LogP contribution in [0.5, 0.6) is 0 Å². The molecule has 0 aliphatic rings. The van der Waals surface area contributed by atoms with Crippen molar-refractivity contribution in [1.29, 1.82) is 0 Å². The first-order valence-electron chi connectivity index (χ1n) is 41.0. The minimum absolute atomic E-state index is 0.00617. The number of ether oxygens (including phenoxy) is 1. The molecule has 11 aromatic carbocycles. The summed E-state index contributed by atoms with van der Waals surface area (Å²) in [6.45, 7) is 4.69. The highest BCUT2D eigenvalue weighted by molar-refractivity contribution is 7.91. The molecule has 0 radical (unpaired) electrons. The van der Waals surface area contributed by atoms with Gasteiger partial charge in [-0.2, -0.15) is 0 Å². The molecule has 0 saturated heterocycles. The van der Waals surface area contributed by atoms with Crippen LogP contribution in [0.4, 0.5) is 4.39 Å². The Morgan fingerprint density at radius 2 is 0.632 bits per heavy atom. The van der Waals surface area contributed by atoms with Crippen LogP contribution in [-0.2, 0) is 51.6 Å². The van der Waals surface area contributed by atoms with Crippen LogP contribution < -0.4 is 0 Å². The number of rotatable bonds is 21. The summed E-state index contributed by atoms with van der Waals surface area (Å²) in [6, 6.07) is 95.7. The number of carbonyl (C=O) groups excluding carboxylic acids is 5. The molecule has 9 aromatic heterocycles. The molecule has 133 heavy (non-hydrogen) atoms. The molecule has 0 fully saturated rings. The van der Waals surface area contributed by atoms with Crippen LogP contribution in [0.3, 0.4) is 0 Å². The predicted octanol–water partition coefficient (Wildman–Crippen LogP) is 20.8. The summed E-state index contributed by atoms with van der Waals surface area (Å²) in [4.78, 5) is 82.1. The Morgan fingerprint density at radius 1 is 0.316 bits per heavy atom. The summed E-state index contributed by atoms with van der Waals surface area (Å²) in [6.07, 6.45) is 9.34. The molecule has 0 N–H and O–H groups in total. The van der Waals surface area contributed by atoms with Crippen molar-refractivity contribution in [3.05, 3.63) is 467 Å². The molecule has 660 valence electrons. The topological polar surface area (TPSA) is 307 Å². The van der Waals surface area contributed by atoms with Crippen LogP contribution in [-0.4, -0.2) is 110 Å². The maximum absolute atomic E-state index is 13.6. The van der Waals surface area contributed by atoms with E-state index in [1.165, 1.54) is 116 Å². The lowest BCUT2D eigenvalue weighted by Gasteiger charge is -2.12. The van der Waals surface area contributed by atoms with Crippen molar-refractivity contribution in [2.24, 2.45) is 0 Å². The van der Waals surface area contributed by atoms with Gasteiger partial charge in [-0.15, -0.1) is 0 Å². The maximum atomic E-state index is 13.6. The Balaban J connectivity index is 0.000000122. The second-order valence-corrected chi connectivity index (χ2v) is 37.8. The van der Waals surface area contributed by atoms with Gasteiger partial charge in [0, 0.05) is 120 Å². The molecule has 20 aromatic rings. The van der Waals surface area contributed by atoms with E-state index < -0.39 is 57.5 Å². The molecule has 23 nitrogen and oxygen atoms in total. The molecule has 30 heteroatoms. The van der Waals surface area contributed by atoms with Gasteiger partial charge >= 0.3 is 0 Å². The van der Waals surface area contributed by atoms with Gasteiger partial charge in [0.15, 0.2) is 0 Å². The molecule has 20 rings (SSSR count). The Bertz CT molecular complexity index is 8330. The summed E-state index contributed by atoms with van der Waals surface area (Å²) in [5.74, 6) is -2.14. The van der Waals surface area contributed by atoms with E-state index in [1.54, 1.807) is 220 Å². The van der Waals surface area contributed by atoms with E-state index in [0.29, 0.717) is 112 Å². The van der Waals surface area contributed by atoms with E-state index in [1.807, 2.05) is 72.2 Å². The number of ketones is 5. The number of benzene rings is 11. The smallest absolute Gasteiger partial charge is 0.268 e. The lowest BCUT2D eigenvalue weighted by molar-refractivity contribution is 0.0847. The van der Waals surface area contributed by atoms with E-state index in [0.717, 1.165) is 26.8 Å². The third-order valence-corrected chi connectivity index (χ3v) is 28.8. The summed E-state index contributed by atoms with van der Waals surface area (Å²) in [5, 5.41) is 5.20. The van der Waals surface area contributed by atoms with Gasteiger partial charge in [-0.3, -0.25) is 43.9 Å². The molecule has 0 atom stereocenters. The van der Waals surface area contributed by atoms with Crippen molar-refractivity contribution in [2.45, 2.75) is 40.2 Å². The highest BCUT2D eigenvalue weighted by Gasteiger charge is 2.33. The molecule has 0 spiro atoms. The molecule has 0 unspecified atom stereocenters. The van der Waals surface area contributed by atoms with Gasteiger partial charge in [-0.25, -0.2) is 54.0 Å². The summed E-state index contributed by atoms with van der Waals surface area (Å²) < 4.78 is 132. The highest BCUT2D eigenvalue weighted by atomic mass is 35.5.